The van der Waals surface area contributed by atoms with Gasteiger partial charge in [0, 0.05) is 25.7 Å². The molecule has 124 valence electrons. The minimum Gasteiger partial charge on any atom is -0.444 e. The Morgan fingerprint density at radius 2 is 2.36 bits per heavy atom. The van der Waals surface area contributed by atoms with E-state index in [-0.39, 0.29) is 12.1 Å². The molecule has 0 saturated carbocycles. The maximum atomic E-state index is 12.1. The summed E-state index contributed by atoms with van der Waals surface area (Å²) < 4.78 is 5.42. The molecule has 0 unspecified atom stereocenters. The van der Waals surface area contributed by atoms with Crippen LogP contribution in [-0.2, 0) is 4.74 Å². The highest BCUT2D eigenvalue weighted by molar-refractivity contribution is 7.07. The molecule has 2 rings (SSSR count). The van der Waals surface area contributed by atoms with Crippen LogP contribution < -0.4 is 5.32 Å². The van der Waals surface area contributed by atoms with Gasteiger partial charge in [0.1, 0.15) is 5.60 Å². The third-order valence-corrected chi connectivity index (χ3v) is 4.30. The van der Waals surface area contributed by atoms with Gasteiger partial charge in [0.05, 0.1) is 6.10 Å². The number of likely N-dealkylation sites (tertiary alicyclic amines) is 1. The predicted molar refractivity (Wildman–Crippen MR) is 88.1 cm³/mol. The van der Waals surface area contributed by atoms with Gasteiger partial charge in [-0.2, -0.15) is 11.3 Å². The molecule has 0 radical (unpaired) electrons. The van der Waals surface area contributed by atoms with Crippen molar-refractivity contribution in [3.63, 3.8) is 0 Å². The van der Waals surface area contributed by atoms with Crippen LogP contribution in [0.25, 0.3) is 0 Å². The van der Waals surface area contributed by atoms with Gasteiger partial charge >= 0.3 is 6.09 Å². The first-order valence-corrected chi connectivity index (χ1v) is 8.71. The number of hydrogen-bond donors (Lipinski definition) is 2. The van der Waals surface area contributed by atoms with Crippen LogP contribution >= 0.6 is 11.3 Å². The molecule has 22 heavy (non-hydrogen) atoms. The van der Waals surface area contributed by atoms with E-state index in [1.807, 2.05) is 37.6 Å². The zero-order valence-corrected chi connectivity index (χ0v) is 14.4. The summed E-state index contributed by atoms with van der Waals surface area (Å²) in [5.41, 5.74) is 0.476. The van der Waals surface area contributed by atoms with Gasteiger partial charge in [-0.1, -0.05) is 0 Å². The van der Waals surface area contributed by atoms with E-state index < -0.39 is 11.7 Å². The van der Waals surface area contributed by atoms with Crippen molar-refractivity contribution in [2.75, 3.05) is 19.6 Å². The average Bonchev–Trinajstić information content (AvgIpc) is 2.97. The molecule has 1 aliphatic rings. The van der Waals surface area contributed by atoms with Crippen molar-refractivity contribution in [1.82, 2.24) is 10.2 Å². The molecule has 0 spiro atoms. The molecule has 5 nitrogen and oxygen atoms in total. The summed E-state index contributed by atoms with van der Waals surface area (Å²) >= 11 is 1.58. The molecular formula is C16H26N2O3S. The zero-order chi connectivity index (χ0) is 16.2. The number of hydrogen-bond acceptors (Lipinski definition) is 5. The van der Waals surface area contributed by atoms with Gasteiger partial charge < -0.3 is 20.1 Å². The molecular weight excluding hydrogens is 300 g/mol. The lowest BCUT2D eigenvalue weighted by Crippen LogP contribution is -2.50. The fourth-order valence-electron chi connectivity index (χ4n) is 2.50. The monoisotopic (exact) mass is 326 g/mol. The first-order chi connectivity index (χ1) is 10.3. The van der Waals surface area contributed by atoms with Crippen LogP contribution in [0.1, 0.15) is 45.3 Å². The number of nitrogens with one attached hydrogen (secondary N) is 1. The van der Waals surface area contributed by atoms with Gasteiger partial charge in [0.2, 0.25) is 0 Å². The standard InChI is InChI=1S/C16H26N2O3S/c1-16(2,3)21-15(20)18-7-4-5-13(10-18)17-9-14(19)12-6-8-22-11-12/h6,8,11,13-14,17,19H,4-5,7,9-10H2,1-3H3/t13-,14-/m1/s1. The summed E-state index contributed by atoms with van der Waals surface area (Å²) in [6, 6.07) is 2.14. The second kappa shape index (κ2) is 7.44. The lowest BCUT2D eigenvalue weighted by molar-refractivity contribution is 0.0183. The van der Waals surface area contributed by atoms with E-state index in [1.54, 1.807) is 16.2 Å². The second-order valence-corrected chi connectivity index (χ2v) is 7.53. The zero-order valence-electron chi connectivity index (χ0n) is 13.5. The van der Waals surface area contributed by atoms with Crippen LogP contribution in [0.3, 0.4) is 0 Å². The SMILES string of the molecule is CC(C)(C)OC(=O)N1CCC[C@@H](NC[C@@H](O)c2ccsc2)C1. The van der Waals surface area contributed by atoms with Crippen LogP contribution in [-0.4, -0.2) is 47.4 Å². The fourth-order valence-corrected chi connectivity index (χ4v) is 3.20. The van der Waals surface area contributed by atoms with Crippen molar-refractivity contribution >= 4 is 17.4 Å². The van der Waals surface area contributed by atoms with E-state index in [9.17, 15) is 9.90 Å². The van der Waals surface area contributed by atoms with Crippen LogP contribution in [0.4, 0.5) is 4.79 Å². The van der Waals surface area contributed by atoms with E-state index >= 15 is 0 Å². The summed E-state index contributed by atoms with van der Waals surface area (Å²) in [7, 11) is 0. The molecule has 0 bridgehead atoms. The Balaban J connectivity index is 1.79. The second-order valence-electron chi connectivity index (χ2n) is 6.75. The number of carbonyl (C=O) groups is 1. The molecule has 2 N–H and O–H groups in total. The predicted octanol–water partition coefficient (Wildman–Crippen LogP) is 2.77. The molecule has 1 aliphatic heterocycles. The summed E-state index contributed by atoms with van der Waals surface area (Å²) in [4.78, 5) is 13.9. The summed E-state index contributed by atoms with van der Waals surface area (Å²) in [6.07, 6.45) is 1.21. The number of aliphatic hydroxyl groups is 1. The molecule has 1 saturated heterocycles. The van der Waals surface area contributed by atoms with Gasteiger partial charge in [-0.25, -0.2) is 4.79 Å². The summed E-state index contributed by atoms with van der Waals surface area (Å²) in [6.45, 7) is 7.50. The van der Waals surface area contributed by atoms with Crippen LogP contribution in [0.15, 0.2) is 16.8 Å². The minimum atomic E-state index is -0.497. The van der Waals surface area contributed by atoms with Crippen LogP contribution in [0, 0.1) is 0 Å². The van der Waals surface area contributed by atoms with Gasteiger partial charge in [0.15, 0.2) is 0 Å². The van der Waals surface area contributed by atoms with E-state index in [0.717, 1.165) is 24.9 Å². The Hall–Kier alpha value is -1.11. The van der Waals surface area contributed by atoms with Crippen molar-refractivity contribution in [3.8, 4) is 0 Å². The smallest absolute Gasteiger partial charge is 0.410 e. The maximum Gasteiger partial charge on any atom is 0.410 e. The molecule has 1 aromatic rings. The summed E-state index contributed by atoms with van der Waals surface area (Å²) in [5.74, 6) is 0. The quantitative estimate of drug-likeness (QED) is 0.893. The van der Waals surface area contributed by atoms with Crippen molar-refractivity contribution in [2.45, 2.75) is 51.4 Å². The molecule has 1 amide bonds. The first kappa shape index (κ1) is 17.2. The third-order valence-electron chi connectivity index (χ3n) is 3.60. The average molecular weight is 326 g/mol. The number of aliphatic hydroxyl groups excluding tert-OH is 1. The van der Waals surface area contributed by atoms with Crippen molar-refractivity contribution in [2.24, 2.45) is 0 Å². The topological polar surface area (TPSA) is 61.8 Å². The number of ether oxygens (including phenoxy) is 1. The van der Waals surface area contributed by atoms with Gasteiger partial charge in [-0.15, -0.1) is 0 Å². The molecule has 2 atom stereocenters. The number of thiophene rings is 1. The molecule has 2 heterocycles. The largest absolute Gasteiger partial charge is 0.444 e. The molecule has 0 aliphatic carbocycles. The van der Waals surface area contributed by atoms with Crippen molar-refractivity contribution < 1.29 is 14.6 Å². The maximum absolute atomic E-state index is 12.1. The first-order valence-electron chi connectivity index (χ1n) is 7.76. The van der Waals surface area contributed by atoms with Gasteiger partial charge in [-0.05, 0) is 56.0 Å². The van der Waals surface area contributed by atoms with E-state index in [2.05, 4.69) is 5.32 Å². The summed E-state index contributed by atoms with van der Waals surface area (Å²) in [5, 5.41) is 17.4. The van der Waals surface area contributed by atoms with E-state index in [1.165, 1.54) is 0 Å². The molecule has 6 heteroatoms. The van der Waals surface area contributed by atoms with Gasteiger partial charge in [-0.3, -0.25) is 0 Å². The Kier molecular flexibility index (Phi) is 5.83. The number of nitrogens with zero attached hydrogens (tertiary/aromatic N) is 1. The Labute approximate surface area is 136 Å². The number of piperidine rings is 1. The Morgan fingerprint density at radius 1 is 1.59 bits per heavy atom. The highest BCUT2D eigenvalue weighted by Crippen LogP contribution is 2.18. The number of rotatable bonds is 4. The lowest BCUT2D eigenvalue weighted by Gasteiger charge is -2.34. The van der Waals surface area contributed by atoms with Gasteiger partial charge in [0.25, 0.3) is 0 Å². The molecule has 0 aromatic carbocycles. The highest BCUT2D eigenvalue weighted by atomic mass is 32.1. The molecule has 1 fully saturated rings. The van der Waals surface area contributed by atoms with Crippen LogP contribution in [0.5, 0.6) is 0 Å². The minimum absolute atomic E-state index is 0.203. The fraction of sp³-hybridized carbons (Fsp3) is 0.688. The van der Waals surface area contributed by atoms with Crippen molar-refractivity contribution in [3.05, 3.63) is 22.4 Å². The lowest BCUT2D eigenvalue weighted by atomic mass is 10.1. The Bertz CT molecular complexity index is 470. The Morgan fingerprint density at radius 3 is 3.00 bits per heavy atom. The van der Waals surface area contributed by atoms with E-state index in [0.29, 0.717) is 13.1 Å². The van der Waals surface area contributed by atoms with E-state index in [4.69, 9.17) is 4.74 Å². The number of amides is 1. The number of carbonyl (C=O) groups excluding carboxylic acids is 1. The van der Waals surface area contributed by atoms with Crippen molar-refractivity contribution in [1.29, 1.82) is 0 Å². The highest BCUT2D eigenvalue weighted by Gasteiger charge is 2.27. The van der Waals surface area contributed by atoms with Crippen LogP contribution in [0.2, 0.25) is 0 Å². The normalized spacial score (nSPS) is 20.7. The third kappa shape index (κ3) is 5.26. The molecule has 1 aromatic heterocycles.